The van der Waals surface area contributed by atoms with Crippen LogP contribution < -0.4 is 5.32 Å². The van der Waals surface area contributed by atoms with Crippen LogP contribution in [0.25, 0.3) is 0 Å². The van der Waals surface area contributed by atoms with Gasteiger partial charge < -0.3 is 15.3 Å². The smallest absolute Gasteiger partial charge is 0.165 e. The molecule has 0 bridgehead atoms. The van der Waals surface area contributed by atoms with Crippen molar-refractivity contribution in [2.75, 3.05) is 38.1 Å². The molecule has 0 amide bonds. The number of aromatic nitrogens is 1. The number of nitrogens with one attached hydrogen (secondary N) is 1. The Morgan fingerprint density at radius 2 is 2.22 bits per heavy atom. The number of aliphatic hydroxyl groups excluding tert-OH is 1. The molecule has 0 atom stereocenters. The van der Waals surface area contributed by atoms with E-state index < -0.39 is 0 Å². The Kier molecular flexibility index (Phi) is 4.90. The fourth-order valence-electron chi connectivity index (χ4n) is 2.24. The van der Waals surface area contributed by atoms with Gasteiger partial charge in [-0.05, 0) is 44.0 Å². The predicted molar refractivity (Wildman–Crippen MR) is 68.9 cm³/mol. The highest BCUT2D eigenvalue weighted by atomic mass is 19.1. The summed E-state index contributed by atoms with van der Waals surface area (Å²) in [5.74, 6) is 0.474. The molecule has 0 aromatic carbocycles. The van der Waals surface area contributed by atoms with Gasteiger partial charge in [0.2, 0.25) is 0 Å². The van der Waals surface area contributed by atoms with Gasteiger partial charge >= 0.3 is 0 Å². The Hall–Kier alpha value is -1.20. The summed E-state index contributed by atoms with van der Waals surface area (Å²) in [5, 5.41) is 12.1. The summed E-state index contributed by atoms with van der Waals surface area (Å²) < 4.78 is 13.3. The molecule has 5 heteroatoms. The molecule has 0 aliphatic carbocycles. The van der Waals surface area contributed by atoms with Crippen molar-refractivity contribution in [3.05, 3.63) is 24.1 Å². The van der Waals surface area contributed by atoms with Gasteiger partial charge in [-0.3, -0.25) is 0 Å². The van der Waals surface area contributed by atoms with E-state index in [0.29, 0.717) is 24.9 Å². The Morgan fingerprint density at radius 3 is 2.89 bits per heavy atom. The van der Waals surface area contributed by atoms with Gasteiger partial charge in [0, 0.05) is 25.9 Å². The van der Waals surface area contributed by atoms with Crippen LogP contribution >= 0.6 is 0 Å². The van der Waals surface area contributed by atoms with E-state index in [0.717, 1.165) is 32.5 Å². The van der Waals surface area contributed by atoms with Gasteiger partial charge in [-0.25, -0.2) is 9.37 Å². The molecule has 2 rings (SSSR count). The van der Waals surface area contributed by atoms with E-state index in [1.807, 2.05) is 0 Å². The van der Waals surface area contributed by atoms with E-state index in [1.165, 1.54) is 6.07 Å². The van der Waals surface area contributed by atoms with E-state index in [9.17, 15) is 4.39 Å². The number of anilines is 1. The average Bonchev–Trinajstić information content (AvgIpc) is 2.42. The van der Waals surface area contributed by atoms with Crippen LogP contribution in [0.2, 0.25) is 0 Å². The molecule has 2 heterocycles. The number of halogens is 1. The third-order valence-electron chi connectivity index (χ3n) is 3.44. The molecule has 1 aromatic heterocycles. The molecule has 1 saturated heterocycles. The van der Waals surface area contributed by atoms with Crippen LogP contribution in [0.3, 0.4) is 0 Å². The molecule has 1 fully saturated rings. The van der Waals surface area contributed by atoms with Crippen LogP contribution in [-0.4, -0.2) is 47.8 Å². The van der Waals surface area contributed by atoms with Crippen LogP contribution in [0.1, 0.15) is 12.8 Å². The minimum absolute atomic E-state index is 0.297. The minimum Gasteiger partial charge on any atom is -0.396 e. The average molecular weight is 253 g/mol. The van der Waals surface area contributed by atoms with Crippen molar-refractivity contribution in [1.82, 2.24) is 9.88 Å². The SMILES string of the molecule is OCC1CCN(CCNc2ncccc2F)CC1. The first kappa shape index (κ1) is 13.2. The molecule has 1 aliphatic rings. The molecule has 0 saturated carbocycles. The van der Waals surface area contributed by atoms with Gasteiger partial charge in [-0.1, -0.05) is 0 Å². The monoisotopic (exact) mass is 253 g/mol. The van der Waals surface area contributed by atoms with Crippen molar-refractivity contribution >= 4 is 5.82 Å². The molecular formula is C13H20FN3O. The van der Waals surface area contributed by atoms with Gasteiger partial charge in [0.1, 0.15) is 0 Å². The van der Waals surface area contributed by atoms with E-state index in [-0.39, 0.29) is 5.82 Å². The molecule has 1 aliphatic heterocycles. The van der Waals surface area contributed by atoms with Gasteiger partial charge in [0.05, 0.1) is 0 Å². The standard InChI is InChI=1S/C13H20FN3O/c14-12-2-1-5-15-13(12)16-6-9-17-7-3-11(10-18)4-8-17/h1-2,5,11,18H,3-4,6-10H2,(H,15,16). The van der Waals surface area contributed by atoms with Gasteiger partial charge in [0.25, 0.3) is 0 Å². The normalized spacial score (nSPS) is 17.9. The summed E-state index contributed by atoms with van der Waals surface area (Å²) >= 11 is 0. The van der Waals surface area contributed by atoms with Crippen molar-refractivity contribution in [3.8, 4) is 0 Å². The number of piperidine rings is 1. The fraction of sp³-hybridized carbons (Fsp3) is 0.615. The van der Waals surface area contributed by atoms with Gasteiger partial charge in [0.15, 0.2) is 11.6 Å². The Bertz CT molecular complexity index is 367. The molecule has 0 radical (unpaired) electrons. The van der Waals surface area contributed by atoms with Crippen LogP contribution in [0, 0.1) is 11.7 Å². The lowest BCUT2D eigenvalue weighted by Gasteiger charge is -2.30. The van der Waals surface area contributed by atoms with Crippen LogP contribution in [0.5, 0.6) is 0 Å². The first-order valence-electron chi connectivity index (χ1n) is 6.47. The Morgan fingerprint density at radius 1 is 1.44 bits per heavy atom. The summed E-state index contributed by atoms with van der Waals surface area (Å²) in [4.78, 5) is 6.28. The lowest BCUT2D eigenvalue weighted by atomic mass is 9.98. The van der Waals surface area contributed by atoms with Crippen molar-refractivity contribution in [2.24, 2.45) is 5.92 Å². The van der Waals surface area contributed by atoms with Crippen molar-refractivity contribution in [1.29, 1.82) is 0 Å². The topological polar surface area (TPSA) is 48.4 Å². The highest BCUT2D eigenvalue weighted by molar-refractivity contribution is 5.35. The lowest BCUT2D eigenvalue weighted by Crippen LogP contribution is -2.37. The number of likely N-dealkylation sites (tertiary alicyclic amines) is 1. The predicted octanol–water partition coefficient (Wildman–Crippen LogP) is 1.34. The fourth-order valence-corrected chi connectivity index (χ4v) is 2.24. The summed E-state index contributed by atoms with van der Waals surface area (Å²) in [6.45, 7) is 3.90. The first-order valence-corrected chi connectivity index (χ1v) is 6.47. The van der Waals surface area contributed by atoms with E-state index >= 15 is 0 Å². The maximum atomic E-state index is 13.3. The number of pyridine rings is 1. The molecule has 100 valence electrons. The zero-order chi connectivity index (χ0) is 12.8. The van der Waals surface area contributed by atoms with E-state index in [2.05, 4.69) is 15.2 Å². The van der Waals surface area contributed by atoms with Crippen LogP contribution in [0.15, 0.2) is 18.3 Å². The Labute approximate surface area is 107 Å². The highest BCUT2D eigenvalue weighted by Crippen LogP contribution is 2.16. The third-order valence-corrected chi connectivity index (χ3v) is 3.44. The maximum Gasteiger partial charge on any atom is 0.165 e. The van der Waals surface area contributed by atoms with E-state index in [4.69, 9.17) is 5.11 Å². The lowest BCUT2D eigenvalue weighted by molar-refractivity contribution is 0.134. The number of rotatable bonds is 5. The van der Waals surface area contributed by atoms with Crippen molar-refractivity contribution < 1.29 is 9.50 Å². The maximum absolute atomic E-state index is 13.3. The molecule has 2 N–H and O–H groups in total. The van der Waals surface area contributed by atoms with E-state index in [1.54, 1.807) is 12.3 Å². The molecule has 1 aromatic rings. The van der Waals surface area contributed by atoms with Crippen molar-refractivity contribution in [3.63, 3.8) is 0 Å². The molecule has 18 heavy (non-hydrogen) atoms. The van der Waals surface area contributed by atoms with Gasteiger partial charge in [-0.2, -0.15) is 0 Å². The van der Waals surface area contributed by atoms with Gasteiger partial charge in [-0.15, -0.1) is 0 Å². The highest BCUT2D eigenvalue weighted by Gasteiger charge is 2.17. The van der Waals surface area contributed by atoms with Crippen LogP contribution in [0.4, 0.5) is 10.2 Å². The summed E-state index contributed by atoms with van der Waals surface area (Å²) in [6.07, 6.45) is 3.68. The second kappa shape index (κ2) is 6.66. The zero-order valence-corrected chi connectivity index (χ0v) is 10.5. The third kappa shape index (κ3) is 3.65. The van der Waals surface area contributed by atoms with Crippen LogP contribution in [-0.2, 0) is 0 Å². The quantitative estimate of drug-likeness (QED) is 0.831. The second-order valence-electron chi connectivity index (χ2n) is 4.73. The second-order valence-corrected chi connectivity index (χ2v) is 4.73. The molecular weight excluding hydrogens is 233 g/mol. The summed E-state index contributed by atoms with van der Waals surface area (Å²) in [6, 6.07) is 2.99. The zero-order valence-electron chi connectivity index (χ0n) is 10.5. The minimum atomic E-state index is -0.309. The molecule has 0 spiro atoms. The molecule has 4 nitrogen and oxygen atoms in total. The van der Waals surface area contributed by atoms with Crippen molar-refractivity contribution in [2.45, 2.75) is 12.8 Å². The summed E-state index contributed by atoms with van der Waals surface area (Å²) in [7, 11) is 0. The first-order chi connectivity index (χ1) is 8.79. The largest absolute Gasteiger partial charge is 0.396 e. The number of nitrogens with zero attached hydrogens (tertiary/aromatic N) is 2. The summed E-state index contributed by atoms with van der Waals surface area (Å²) in [5.41, 5.74) is 0. The molecule has 0 unspecified atom stereocenters. The number of aliphatic hydroxyl groups is 1. The Balaban J connectivity index is 1.69. The number of hydrogen-bond donors (Lipinski definition) is 2. The number of hydrogen-bond acceptors (Lipinski definition) is 4.